The number of aryl methyl sites for hydroxylation is 1. The van der Waals surface area contributed by atoms with E-state index in [-0.39, 0.29) is 29.7 Å². The van der Waals surface area contributed by atoms with E-state index in [1.165, 1.54) is 0 Å². The van der Waals surface area contributed by atoms with Crippen LogP contribution in [0.15, 0.2) is 54.6 Å². The van der Waals surface area contributed by atoms with Crippen molar-refractivity contribution in [3.05, 3.63) is 71.3 Å². The zero-order chi connectivity index (χ0) is 28.0. The largest absolute Gasteiger partial charge is 0.444 e. The molecular weight excluding hydrogens is 478 g/mol. The summed E-state index contributed by atoms with van der Waals surface area (Å²) in [6.45, 7) is 13.6. The van der Waals surface area contributed by atoms with Crippen LogP contribution < -0.4 is 10.6 Å². The van der Waals surface area contributed by atoms with Crippen LogP contribution in [0.1, 0.15) is 77.6 Å². The van der Waals surface area contributed by atoms with Crippen molar-refractivity contribution in [1.29, 1.82) is 0 Å². The van der Waals surface area contributed by atoms with Gasteiger partial charge in [-0.1, -0.05) is 82.3 Å². The zero-order valence-electron chi connectivity index (χ0n) is 23.8. The number of amides is 3. The molecule has 2 aromatic rings. The Balaban J connectivity index is 1.96. The highest BCUT2D eigenvalue weighted by atomic mass is 16.6. The van der Waals surface area contributed by atoms with E-state index >= 15 is 0 Å². The Kier molecular flexibility index (Phi) is 9.58. The molecule has 7 nitrogen and oxygen atoms in total. The van der Waals surface area contributed by atoms with Gasteiger partial charge in [0.2, 0.25) is 11.8 Å². The summed E-state index contributed by atoms with van der Waals surface area (Å²) in [5.41, 5.74) is 2.19. The van der Waals surface area contributed by atoms with E-state index in [9.17, 15) is 14.4 Å². The second-order valence-corrected chi connectivity index (χ2v) is 11.6. The van der Waals surface area contributed by atoms with E-state index < -0.39 is 23.8 Å². The Morgan fingerprint density at radius 1 is 1.00 bits per heavy atom. The number of nitrogens with zero attached hydrogens (tertiary/aromatic N) is 1. The van der Waals surface area contributed by atoms with Crippen LogP contribution in [0.25, 0.3) is 0 Å². The Bertz CT molecular complexity index is 1090. The van der Waals surface area contributed by atoms with Gasteiger partial charge >= 0.3 is 6.09 Å². The van der Waals surface area contributed by atoms with E-state index in [4.69, 9.17) is 4.74 Å². The molecule has 206 valence electrons. The summed E-state index contributed by atoms with van der Waals surface area (Å²) in [7, 11) is 0. The van der Waals surface area contributed by atoms with Crippen molar-refractivity contribution < 1.29 is 19.1 Å². The first-order chi connectivity index (χ1) is 17.9. The maximum absolute atomic E-state index is 14.2. The van der Waals surface area contributed by atoms with Crippen molar-refractivity contribution in [2.45, 2.75) is 91.6 Å². The summed E-state index contributed by atoms with van der Waals surface area (Å²) < 4.78 is 5.45. The smallest absolute Gasteiger partial charge is 0.408 e. The van der Waals surface area contributed by atoms with Crippen LogP contribution in [0.3, 0.4) is 0 Å². The molecule has 0 aromatic heterocycles. The molecule has 2 aromatic carbocycles. The molecule has 4 unspecified atom stereocenters. The van der Waals surface area contributed by atoms with Gasteiger partial charge in [0.05, 0.1) is 0 Å². The van der Waals surface area contributed by atoms with E-state index in [0.717, 1.165) is 29.5 Å². The van der Waals surface area contributed by atoms with Gasteiger partial charge in [0, 0.05) is 12.6 Å². The number of carbonyl (C=O) groups excluding carboxylic acids is 3. The number of alkyl carbamates (subject to hydrolysis) is 1. The second-order valence-electron chi connectivity index (χ2n) is 11.6. The van der Waals surface area contributed by atoms with E-state index in [1.54, 1.807) is 25.7 Å². The second kappa shape index (κ2) is 12.5. The SMILES string of the molecule is CCc1ccc(C(C(=O)NCc2ccccc2)N(C(=O)C(NC(=O)OC(C)(C)C)C(C)C)C2CC2C)cc1. The van der Waals surface area contributed by atoms with Crippen molar-refractivity contribution in [2.75, 3.05) is 0 Å². The first-order valence-corrected chi connectivity index (χ1v) is 13.6. The Hall–Kier alpha value is -3.35. The first kappa shape index (κ1) is 29.2. The van der Waals surface area contributed by atoms with Gasteiger partial charge in [-0.25, -0.2) is 4.79 Å². The maximum atomic E-state index is 14.2. The van der Waals surface area contributed by atoms with E-state index in [2.05, 4.69) is 24.5 Å². The number of hydrogen-bond donors (Lipinski definition) is 2. The third-order valence-corrected chi connectivity index (χ3v) is 6.82. The fraction of sp³-hybridized carbons (Fsp3) is 0.516. The lowest BCUT2D eigenvalue weighted by Crippen LogP contribution is -2.55. The molecule has 0 saturated heterocycles. The summed E-state index contributed by atoms with van der Waals surface area (Å²) in [6.07, 6.45) is 1.03. The standard InChI is InChI=1S/C31H43N3O4/c1-8-22-14-16-24(17-15-22)27(28(35)32-19-23-12-10-9-11-13-23)34(25-18-21(25)4)29(36)26(20(2)3)33-30(37)38-31(5,6)7/h9-17,20-21,25-27H,8,18-19H2,1-7H3,(H,32,35)(H,33,37). The zero-order valence-corrected chi connectivity index (χ0v) is 23.8. The number of carbonyl (C=O) groups is 3. The van der Waals surface area contributed by atoms with Crippen molar-refractivity contribution in [3.8, 4) is 0 Å². The molecule has 7 heteroatoms. The molecule has 38 heavy (non-hydrogen) atoms. The highest BCUT2D eigenvalue weighted by molar-refractivity contribution is 5.92. The summed E-state index contributed by atoms with van der Waals surface area (Å²) in [5, 5.41) is 5.84. The molecule has 1 aliphatic rings. The number of rotatable bonds is 10. The van der Waals surface area contributed by atoms with Crippen LogP contribution in [0.2, 0.25) is 0 Å². The molecular formula is C31H43N3O4. The van der Waals surface area contributed by atoms with Gasteiger partial charge in [-0.2, -0.15) is 0 Å². The minimum absolute atomic E-state index is 0.0949. The molecule has 1 fully saturated rings. The van der Waals surface area contributed by atoms with Gasteiger partial charge in [-0.15, -0.1) is 0 Å². The number of ether oxygens (including phenoxy) is 1. The topological polar surface area (TPSA) is 87.7 Å². The van der Waals surface area contributed by atoms with Crippen molar-refractivity contribution in [3.63, 3.8) is 0 Å². The van der Waals surface area contributed by atoms with Crippen LogP contribution in [-0.2, 0) is 27.3 Å². The van der Waals surface area contributed by atoms with Gasteiger partial charge in [0.1, 0.15) is 17.7 Å². The average molecular weight is 522 g/mol. The molecule has 2 N–H and O–H groups in total. The molecule has 0 aliphatic heterocycles. The van der Waals surface area contributed by atoms with Gasteiger partial charge in [-0.05, 0) is 62.1 Å². The van der Waals surface area contributed by atoms with Crippen molar-refractivity contribution in [1.82, 2.24) is 15.5 Å². The number of benzene rings is 2. The maximum Gasteiger partial charge on any atom is 0.408 e. The van der Waals surface area contributed by atoms with Crippen LogP contribution in [0.5, 0.6) is 0 Å². The Morgan fingerprint density at radius 3 is 2.11 bits per heavy atom. The molecule has 0 bridgehead atoms. The van der Waals surface area contributed by atoms with Crippen molar-refractivity contribution >= 4 is 17.9 Å². The molecule has 4 atom stereocenters. The van der Waals surface area contributed by atoms with Crippen LogP contribution >= 0.6 is 0 Å². The molecule has 1 saturated carbocycles. The highest BCUT2D eigenvalue weighted by Gasteiger charge is 2.48. The monoisotopic (exact) mass is 521 g/mol. The fourth-order valence-electron chi connectivity index (χ4n) is 4.54. The Labute approximate surface area is 227 Å². The van der Waals surface area contributed by atoms with E-state index in [0.29, 0.717) is 6.54 Å². The van der Waals surface area contributed by atoms with Gasteiger partial charge < -0.3 is 20.3 Å². The van der Waals surface area contributed by atoms with Gasteiger partial charge in [0.15, 0.2) is 0 Å². The minimum Gasteiger partial charge on any atom is -0.444 e. The third kappa shape index (κ3) is 7.83. The summed E-state index contributed by atoms with van der Waals surface area (Å²) >= 11 is 0. The van der Waals surface area contributed by atoms with Crippen molar-refractivity contribution in [2.24, 2.45) is 11.8 Å². The lowest BCUT2D eigenvalue weighted by molar-refractivity contribution is -0.144. The highest BCUT2D eigenvalue weighted by Crippen LogP contribution is 2.41. The fourth-order valence-corrected chi connectivity index (χ4v) is 4.54. The average Bonchev–Trinajstić information content (AvgIpc) is 3.59. The lowest BCUT2D eigenvalue weighted by Gasteiger charge is -2.36. The van der Waals surface area contributed by atoms with Gasteiger partial charge in [-0.3, -0.25) is 9.59 Å². The quantitative estimate of drug-likeness (QED) is 0.439. The predicted octanol–water partition coefficient (Wildman–Crippen LogP) is 5.39. The molecule has 3 amide bonds. The minimum atomic E-state index is -0.836. The summed E-state index contributed by atoms with van der Waals surface area (Å²) in [4.78, 5) is 42.4. The molecule has 1 aliphatic carbocycles. The normalized spacial score (nSPS) is 18.3. The molecule has 0 heterocycles. The molecule has 3 rings (SSSR count). The number of nitrogens with one attached hydrogen (secondary N) is 2. The van der Waals surface area contributed by atoms with Crippen LogP contribution in [0.4, 0.5) is 4.79 Å². The molecule has 0 spiro atoms. The summed E-state index contributed by atoms with van der Waals surface area (Å²) in [5.74, 6) is -0.473. The van der Waals surface area contributed by atoms with Gasteiger partial charge in [0.25, 0.3) is 0 Å². The third-order valence-electron chi connectivity index (χ3n) is 6.82. The lowest BCUT2D eigenvalue weighted by atomic mass is 9.97. The van der Waals surface area contributed by atoms with Crippen LogP contribution in [-0.4, -0.2) is 40.5 Å². The number of hydrogen-bond acceptors (Lipinski definition) is 4. The Morgan fingerprint density at radius 2 is 1.61 bits per heavy atom. The van der Waals surface area contributed by atoms with Crippen LogP contribution in [0, 0.1) is 11.8 Å². The first-order valence-electron chi connectivity index (χ1n) is 13.6. The van der Waals surface area contributed by atoms with E-state index in [1.807, 2.05) is 68.4 Å². The molecule has 0 radical (unpaired) electrons. The summed E-state index contributed by atoms with van der Waals surface area (Å²) in [6, 6.07) is 15.8. The predicted molar refractivity (Wildman–Crippen MR) is 149 cm³/mol.